The van der Waals surface area contributed by atoms with E-state index in [0.717, 1.165) is 17.7 Å². The molecule has 1 rings (SSSR count). The van der Waals surface area contributed by atoms with Gasteiger partial charge in [-0.3, -0.25) is 0 Å². The number of nitrogens with one attached hydrogen (secondary N) is 1. The summed E-state index contributed by atoms with van der Waals surface area (Å²) in [7, 11) is 0. The maximum Gasteiger partial charge on any atom is 0.119 e. The smallest absolute Gasteiger partial charge is 0.119 e. The van der Waals surface area contributed by atoms with Crippen molar-refractivity contribution in [3.63, 3.8) is 0 Å². The van der Waals surface area contributed by atoms with Crippen molar-refractivity contribution in [2.75, 3.05) is 0 Å². The monoisotopic (exact) mass is 221 g/mol. The number of phenols is 1. The van der Waals surface area contributed by atoms with Crippen LogP contribution in [-0.4, -0.2) is 11.1 Å². The number of phenolic OH excluding ortho intramolecular Hbond substituents is 1. The number of aryl methyl sites for hydroxylation is 1. The van der Waals surface area contributed by atoms with E-state index < -0.39 is 0 Å². The Labute approximate surface area is 98.7 Å². The van der Waals surface area contributed by atoms with Gasteiger partial charge in [-0.05, 0) is 35.6 Å². The summed E-state index contributed by atoms with van der Waals surface area (Å²) in [5, 5.41) is 13.2. The predicted octanol–water partition coefficient (Wildman–Crippen LogP) is 3.32. The topological polar surface area (TPSA) is 32.3 Å². The molecule has 0 spiro atoms. The van der Waals surface area contributed by atoms with Gasteiger partial charge in [0.25, 0.3) is 0 Å². The molecule has 2 heteroatoms. The number of benzene rings is 1. The van der Waals surface area contributed by atoms with E-state index in [0.29, 0.717) is 17.7 Å². The molecule has 1 aromatic carbocycles. The molecule has 0 aromatic heterocycles. The van der Waals surface area contributed by atoms with Crippen LogP contribution in [0.1, 0.15) is 50.3 Å². The van der Waals surface area contributed by atoms with E-state index in [4.69, 9.17) is 0 Å². The van der Waals surface area contributed by atoms with Gasteiger partial charge in [0.05, 0.1) is 0 Å². The van der Waals surface area contributed by atoms with E-state index in [1.807, 2.05) is 13.0 Å². The van der Waals surface area contributed by atoms with Crippen LogP contribution in [0.3, 0.4) is 0 Å². The fourth-order valence-electron chi connectivity index (χ4n) is 1.72. The van der Waals surface area contributed by atoms with Gasteiger partial charge in [0.15, 0.2) is 0 Å². The highest BCUT2D eigenvalue weighted by Gasteiger charge is 2.09. The van der Waals surface area contributed by atoms with Crippen LogP contribution in [0, 0.1) is 6.92 Å². The van der Waals surface area contributed by atoms with Crippen molar-refractivity contribution in [3.05, 3.63) is 28.8 Å². The molecule has 0 aliphatic carbocycles. The second-order valence-corrected chi connectivity index (χ2v) is 5.03. The summed E-state index contributed by atoms with van der Waals surface area (Å²) in [6, 6.07) is 4.47. The van der Waals surface area contributed by atoms with Crippen LogP contribution < -0.4 is 5.32 Å². The van der Waals surface area contributed by atoms with E-state index in [1.54, 1.807) is 0 Å². The lowest BCUT2D eigenvalue weighted by molar-refractivity contribution is 0.463. The third kappa shape index (κ3) is 3.24. The fraction of sp³-hybridized carbons (Fsp3) is 0.571. The first kappa shape index (κ1) is 13.0. The molecule has 16 heavy (non-hydrogen) atoms. The summed E-state index contributed by atoms with van der Waals surface area (Å²) in [5.41, 5.74) is 3.46. The largest absolute Gasteiger partial charge is 0.508 e. The summed E-state index contributed by atoms with van der Waals surface area (Å²) in [5.74, 6) is 0.777. The molecule has 0 atom stereocenters. The lowest BCUT2D eigenvalue weighted by Gasteiger charge is -2.15. The van der Waals surface area contributed by atoms with Crippen molar-refractivity contribution >= 4 is 0 Å². The van der Waals surface area contributed by atoms with Gasteiger partial charge in [0.2, 0.25) is 0 Å². The molecule has 0 bridgehead atoms. The molecule has 0 amide bonds. The van der Waals surface area contributed by atoms with Crippen molar-refractivity contribution in [2.45, 2.75) is 53.1 Å². The third-order valence-electron chi connectivity index (χ3n) is 2.81. The van der Waals surface area contributed by atoms with E-state index in [2.05, 4.69) is 39.1 Å². The minimum atomic E-state index is 0.360. The minimum absolute atomic E-state index is 0.360. The zero-order valence-electron chi connectivity index (χ0n) is 11.0. The predicted molar refractivity (Wildman–Crippen MR) is 68.9 cm³/mol. The third-order valence-corrected chi connectivity index (χ3v) is 2.81. The Morgan fingerprint density at radius 2 is 1.81 bits per heavy atom. The quantitative estimate of drug-likeness (QED) is 0.817. The summed E-state index contributed by atoms with van der Waals surface area (Å²) in [6.45, 7) is 11.4. The van der Waals surface area contributed by atoms with Gasteiger partial charge in [0.1, 0.15) is 5.75 Å². The van der Waals surface area contributed by atoms with E-state index >= 15 is 0 Å². The minimum Gasteiger partial charge on any atom is -0.508 e. The van der Waals surface area contributed by atoms with Crippen molar-refractivity contribution in [1.29, 1.82) is 0 Å². The van der Waals surface area contributed by atoms with Gasteiger partial charge >= 0.3 is 0 Å². The summed E-state index contributed by atoms with van der Waals surface area (Å²) in [6.07, 6.45) is 0. The van der Waals surface area contributed by atoms with Crippen LogP contribution in [-0.2, 0) is 6.54 Å². The Kier molecular flexibility index (Phi) is 4.36. The van der Waals surface area contributed by atoms with Crippen molar-refractivity contribution in [2.24, 2.45) is 0 Å². The first-order valence-corrected chi connectivity index (χ1v) is 5.97. The molecule has 0 fully saturated rings. The highest BCUT2D eigenvalue weighted by Crippen LogP contribution is 2.28. The number of hydrogen-bond donors (Lipinski definition) is 2. The molecule has 0 unspecified atom stereocenters. The van der Waals surface area contributed by atoms with Crippen molar-refractivity contribution in [1.82, 2.24) is 5.32 Å². The molecule has 2 nitrogen and oxygen atoms in total. The molecular weight excluding hydrogens is 198 g/mol. The Morgan fingerprint density at radius 1 is 1.19 bits per heavy atom. The summed E-state index contributed by atoms with van der Waals surface area (Å²) >= 11 is 0. The zero-order valence-corrected chi connectivity index (χ0v) is 11.0. The Balaban J connectivity index is 2.96. The summed E-state index contributed by atoms with van der Waals surface area (Å²) < 4.78 is 0. The van der Waals surface area contributed by atoms with Crippen LogP contribution in [0.25, 0.3) is 0 Å². The highest BCUT2D eigenvalue weighted by molar-refractivity contribution is 5.42. The Morgan fingerprint density at radius 3 is 2.31 bits per heavy atom. The van der Waals surface area contributed by atoms with Crippen LogP contribution >= 0.6 is 0 Å². The lowest BCUT2D eigenvalue weighted by Crippen LogP contribution is -2.22. The fourth-order valence-corrected chi connectivity index (χ4v) is 1.72. The number of hydrogen-bond acceptors (Lipinski definition) is 2. The average Bonchev–Trinajstić information content (AvgIpc) is 2.15. The molecule has 2 N–H and O–H groups in total. The maximum atomic E-state index is 9.84. The summed E-state index contributed by atoms with van der Waals surface area (Å²) in [4.78, 5) is 0. The van der Waals surface area contributed by atoms with Gasteiger partial charge in [-0.25, -0.2) is 0 Å². The van der Waals surface area contributed by atoms with Crippen LogP contribution in [0.2, 0.25) is 0 Å². The average molecular weight is 221 g/mol. The van der Waals surface area contributed by atoms with Gasteiger partial charge < -0.3 is 10.4 Å². The van der Waals surface area contributed by atoms with E-state index in [1.165, 1.54) is 5.56 Å². The maximum absolute atomic E-state index is 9.84. The van der Waals surface area contributed by atoms with Gasteiger partial charge in [-0.2, -0.15) is 0 Å². The Hall–Kier alpha value is -1.02. The van der Waals surface area contributed by atoms with Crippen LogP contribution in [0.5, 0.6) is 5.75 Å². The van der Waals surface area contributed by atoms with E-state index in [9.17, 15) is 5.11 Å². The Bertz CT molecular complexity index is 356. The molecule has 0 aliphatic heterocycles. The molecule has 0 saturated carbocycles. The van der Waals surface area contributed by atoms with Gasteiger partial charge in [-0.15, -0.1) is 0 Å². The number of rotatable bonds is 4. The molecule has 0 aliphatic rings. The first-order chi connectivity index (χ1) is 7.41. The normalized spacial score (nSPS) is 11.4. The van der Waals surface area contributed by atoms with Crippen molar-refractivity contribution < 1.29 is 5.11 Å². The first-order valence-electron chi connectivity index (χ1n) is 5.97. The molecule has 90 valence electrons. The molecule has 0 heterocycles. The van der Waals surface area contributed by atoms with Crippen molar-refractivity contribution in [3.8, 4) is 5.75 Å². The second-order valence-electron chi connectivity index (χ2n) is 5.03. The SMILES string of the molecule is Cc1cc(O)c(C(C)C)cc1CNC(C)C. The molecule has 0 saturated heterocycles. The zero-order chi connectivity index (χ0) is 12.3. The lowest BCUT2D eigenvalue weighted by atomic mass is 9.96. The highest BCUT2D eigenvalue weighted by atomic mass is 16.3. The van der Waals surface area contributed by atoms with E-state index in [-0.39, 0.29) is 0 Å². The number of aromatic hydroxyl groups is 1. The second kappa shape index (κ2) is 5.35. The molecule has 0 radical (unpaired) electrons. The van der Waals surface area contributed by atoms with Crippen LogP contribution in [0.15, 0.2) is 12.1 Å². The van der Waals surface area contributed by atoms with Gasteiger partial charge in [0, 0.05) is 12.6 Å². The molecular formula is C14H23NO. The van der Waals surface area contributed by atoms with Crippen LogP contribution in [0.4, 0.5) is 0 Å². The van der Waals surface area contributed by atoms with Gasteiger partial charge in [-0.1, -0.05) is 33.8 Å². The standard InChI is InChI=1S/C14H23NO/c1-9(2)13-7-12(8-15-10(3)4)11(5)6-14(13)16/h6-7,9-10,15-16H,8H2,1-5H3. The molecule has 1 aromatic rings.